The zero-order valence-corrected chi connectivity index (χ0v) is 16.7. The van der Waals surface area contributed by atoms with Crippen LogP contribution in [0.3, 0.4) is 0 Å². The van der Waals surface area contributed by atoms with Gasteiger partial charge in [0.15, 0.2) is 11.5 Å². The summed E-state index contributed by atoms with van der Waals surface area (Å²) in [5.41, 5.74) is 0.694. The molecule has 1 saturated carbocycles. The van der Waals surface area contributed by atoms with Crippen LogP contribution in [0.25, 0.3) is 10.1 Å². The number of carbonyl (C=O) groups is 2. The van der Waals surface area contributed by atoms with Crippen LogP contribution >= 0.6 is 11.3 Å². The number of rotatable bonds is 6. The van der Waals surface area contributed by atoms with Gasteiger partial charge in [-0.2, -0.15) is 0 Å². The van der Waals surface area contributed by atoms with Gasteiger partial charge in [0, 0.05) is 15.3 Å². The van der Waals surface area contributed by atoms with Crippen LogP contribution in [0.1, 0.15) is 30.2 Å². The maximum Gasteiger partial charge on any atom is 0.311 e. The Morgan fingerprint density at radius 2 is 1.90 bits per heavy atom. The SMILES string of the molecule is CCOC(=O)Cc1cc2cc(NC(=O)C3(c4ccc(O)c(O)c4)CC3)ccc2s1. The third-order valence-corrected chi connectivity index (χ3v) is 6.28. The number of aromatic hydroxyl groups is 2. The van der Waals surface area contributed by atoms with Gasteiger partial charge in [-0.25, -0.2) is 0 Å². The lowest BCUT2D eigenvalue weighted by Crippen LogP contribution is -2.27. The molecule has 0 spiro atoms. The summed E-state index contributed by atoms with van der Waals surface area (Å²) in [6, 6.07) is 12.1. The quantitative estimate of drug-likeness (QED) is 0.419. The average molecular weight is 411 g/mol. The van der Waals surface area contributed by atoms with Crippen molar-refractivity contribution in [2.24, 2.45) is 0 Å². The molecule has 0 unspecified atom stereocenters. The van der Waals surface area contributed by atoms with Crippen LogP contribution in [0.4, 0.5) is 5.69 Å². The summed E-state index contributed by atoms with van der Waals surface area (Å²) in [4.78, 5) is 25.5. The zero-order chi connectivity index (χ0) is 20.6. The molecule has 0 aliphatic heterocycles. The number of hydrogen-bond donors (Lipinski definition) is 3. The Balaban J connectivity index is 1.52. The Morgan fingerprint density at radius 1 is 1.10 bits per heavy atom. The second-order valence-electron chi connectivity index (χ2n) is 7.19. The number of hydrogen-bond acceptors (Lipinski definition) is 6. The third kappa shape index (κ3) is 3.78. The van der Waals surface area contributed by atoms with E-state index in [0.717, 1.165) is 15.0 Å². The number of nitrogens with one attached hydrogen (secondary N) is 1. The summed E-state index contributed by atoms with van der Waals surface area (Å²) in [6.45, 7) is 2.14. The molecule has 6 nitrogen and oxygen atoms in total. The van der Waals surface area contributed by atoms with E-state index < -0.39 is 5.41 Å². The van der Waals surface area contributed by atoms with Gasteiger partial charge in [0.25, 0.3) is 0 Å². The fraction of sp³-hybridized carbons (Fsp3) is 0.273. The van der Waals surface area contributed by atoms with E-state index in [1.165, 1.54) is 23.5 Å². The number of fused-ring (bicyclic) bond motifs is 1. The van der Waals surface area contributed by atoms with E-state index >= 15 is 0 Å². The summed E-state index contributed by atoms with van der Waals surface area (Å²) in [7, 11) is 0. The standard InChI is InChI=1S/C22H21NO5S/c1-2-28-20(26)12-16-10-13-9-15(4-6-19(13)29-16)23-21(27)22(7-8-22)14-3-5-17(24)18(25)11-14/h3-6,9-11,24-25H,2,7-8,12H2,1H3,(H,23,27). The molecule has 3 N–H and O–H groups in total. The van der Waals surface area contributed by atoms with Gasteiger partial charge >= 0.3 is 5.97 Å². The predicted molar refractivity (Wildman–Crippen MR) is 111 cm³/mol. The lowest BCUT2D eigenvalue weighted by atomic mass is 9.94. The highest BCUT2D eigenvalue weighted by Crippen LogP contribution is 2.50. The van der Waals surface area contributed by atoms with Crippen LogP contribution in [0.5, 0.6) is 11.5 Å². The van der Waals surface area contributed by atoms with Crippen molar-refractivity contribution in [2.75, 3.05) is 11.9 Å². The van der Waals surface area contributed by atoms with Crippen molar-refractivity contribution in [1.29, 1.82) is 0 Å². The Labute approximate surface area is 171 Å². The van der Waals surface area contributed by atoms with E-state index in [9.17, 15) is 19.8 Å². The molecule has 0 saturated heterocycles. The zero-order valence-electron chi connectivity index (χ0n) is 15.9. The molecule has 7 heteroatoms. The smallest absolute Gasteiger partial charge is 0.311 e. The van der Waals surface area contributed by atoms with E-state index in [1.807, 2.05) is 24.3 Å². The normalized spacial score (nSPS) is 14.5. The van der Waals surface area contributed by atoms with Gasteiger partial charge < -0.3 is 20.3 Å². The molecular weight excluding hydrogens is 390 g/mol. The molecule has 2 aromatic carbocycles. The summed E-state index contributed by atoms with van der Waals surface area (Å²) in [5.74, 6) is -0.814. The topological polar surface area (TPSA) is 95.9 Å². The van der Waals surface area contributed by atoms with E-state index in [1.54, 1.807) is 13.0 Å². The maximum absolute atomic E-state index is 12.9. The lowest BCUT2D eigenvalue weighted by Gasteiger charge is -2.16. The molecule has 1 aromatic heterocycles. The third-order valence-electron chi connectivity index (χ3n) is 5.16. The van der Waals surface area contributed by atoms with E-state index in [4.69, 9.17) is 4.74 Å². The minimum absolute atomic E-state index is 0.135. The van der Waals surface area contributed by atoms with Gasteiger partial charge in [0.2, 0.25) is 5.91 Å². The number of amides is 1. The van der Waals surface area contributed by atoms with Crippen molar-refractivity contribution in [3.63, 3.8) is 0 Å². The molecule has 4 rings (SSSR count). The maximum atomic E-state index is 12.9. The van der Waals surface area contributed by atoms with Gasteiger partial charge in [0.05, 0.1) is 18.4 Å². The van der Waals surface area contributed by atoms with Gasteiger partial charge in [0.1, 0.15) is 0 Å². The van der Waals surface area contributed by atoms with Crippen molar-refractivity contribution in [1.82, 2.24) is 0 Å². The first-order valence-electron chi connectivity index (χ1n) is 9.43. The molecular formula is C22H21NO5S. The molecule has 0 bridgehead atoms. The number of thiophene rings is 1. The van der Waals surface area contributed by atoms with Crippen LogP contribution in [0.15, 0.2) is 42.5 Å². The molecule has 1 fully saturated rings. The molecule has 1 heterocycles. The molecule has 29 heavy (non-hydrogen) atoms. The first-order valence-corrected chi connectivity index (χ1v) is 10.2. The lowest BCUT2D eigenvalue weighted by molar-refractivity contribution is -0.142. The van der Waals surface area contributed by atoms with Gasteiger partial charge in [-0.1, -0.05) is 6.07 Å². The Bertz CT molecular complexity index is 1100. The summed E-state index contributed by atoms with van der Waals surface area (Å²) < 4.78 is 6.03. The highest BCUT2D eigenvalue weighted by Gasteiger charge is 2.51. The minimum atomic E-state index is -0.677. The fourth-order valence-corrected chi connectivity index (χ4v) is 4.49. The van der Waals surface area contributed by atoms with Crippen LogP contribution in [0.2, 0.25) is 0 Å². The Kier molecular flexibility index (Phi) is 4.92. The molecule has 1 amide bonds. The van der Waals surface area contributed by atoms with Crippen LogP contribution < -0.4 is 5.32 Å². The van der Waals surface area contributed by atoms with Crippen LogP contribution in [-0.2, 0) is 26.2 Å². The van der Waals surface area contributed by atoms with E-state index in [-0.39, 0.29) is 29.8 Å². The van der Waals surface area contributed by atoms with Gasteiger partial charge in [-0.15, -0.1) is 11.3 Å². The summed E-state index contributed by atoms with van der Waals surface area (Å²) in [5, 5.41) is 23.2. The number of phenolic OH excluding ortho intramolecular Hbond substituents is 2. The number of anilines is 1. The monoisotopic (exact) mass is 411 g/mol. The van der Waals surface area contributed by atoms with Crippen molar-refractivity contribution in [3.05, 3.63) is 52.9 Å². The number of benzene rings is 2. The molecule has 0 radical (unpaired) electrons. The molecule has 3 aromatic rings. The molecule has 150 valence electrons. The first kappa shape index (κ1) is 19.3. The van der Waals surface area contributed by atoms with Crippen molar-refractivity contribution >= 4 is 39.0 Å². The van der Waals surface area contributed by atoms with Crippen LogP contribution in [-0.4, -0.2) is 28.7 Å². The highest BCUT2D eigenvalue weighted by atomic mass is 32.1. The van der Waals surface area contributed by atoms with Gasteiger partial charge in [-0.3, -0.25) is 9.59 Å². The van der Waals surface area contributed by atoms with Crippen LogP contribution in [0, 0.1) is 0 Å². The number of esters is 1. The fourth-order valence-electron chi connectivity index (χ4n) is 3.46. The molecule has 1 aliphatic rings. The van der Waals surface area contributed by atoms with Crippen molar-refractivity contribution < 1.29 is 24.5 Å². The molecule has 0 atom stereocenters. The minimum Gasteiger partial charge on any atom is -0.504 e. The van der Waals surface area contributed by atoms with Gasteiger partial charge in [-0.05, 0) is 67.1 Å². The average Bonchev–Trinajstić information content (AvgIpc) is 3.40. The van der Waals surface area contributed by atoms with E-state index in [2.05, 4.69) is 5.32 Å². The van der Waals surface area contributed by atoms with E-state index in [0.29, 0.717) is 30.7 Å². The molecule has 1 aliphatic carbocycles. The largest absolute Gasteiger partial charge is 0.504 e. The first-order chi connectivity index (χ1) is 13.9. The predicted octanol–water partition coefficient (Wildman–Crippen LogP) is 4.09. The summed E-state index contributed by atoms with van der Waals surface area (Å²) in [6.07, 6.45) is 1.61. The highest BCUT2D eigenvalue weighted by molar-refractivity contribution is 7.19. The summed E-state index contributed by atoms with van der Waals surface area (Å²) >= 11 is 1.53. The second-order valence-corrected chi connectivity index (χ2v) is 8.36. The van der Waals surface area contributed by atoms with Crippen molar-refractivity contribution in [2.45, 2.75) is 31.6 Å². The number of carbonyl (C=O) groups excluding carboxylic acids is 2. The van der Waals surface area contributed by atoms with Crippen molar-refractivity contribution in [3.8, 4) is 11.5 Å². The number of ether oxygens (including phenoxy) is 1. The second kappa shape index (κ2) is 7.40. The Morgan fingerprint density at radius 3 is 2.59 bits per heavy atom. The Hall–Kier alpha value is -3.06. The number of phenols is 2.